The maximum Gasteiger partial charge on any atom is 0.621 e. The molecule has 0 saturated heterocycles. The van der Waals surface area contributed by atoms with Gasteiger partial charge in [0.1, 0.15) is 0 Å². The summed E-state index contributed by atoms with van der Waals surface area (Å²) in [5.41, 5.74) is 30.8. The normalized spacial score (nSPS) is 9.12. The zero-order valence-electron chi connectivity index (χ0n) is 12.5. The molecule has 0 unspecified atom stereocenters. The Labute approximate surface area is 140 Å². The minimum atomic E-state index is -2.13. The molecule has 25 heavy (non-hydrogen) atoms. The van der Waals surface area contributed by atoms with Crippen LogP contribution in [0.2, 0.25) is 0 Å². The van der Waals surface area contributed by atoms with Gasteiger partial charge in [-0.3, -0.25) is 0 Å². The first-order chi connectivity index (χ1) is 11.5. The molecule has 0 aliphatic heterocycles. The summed E-state index contributed by atoms with van der Waals surface area (Å²) in [5.74, 6) is 0.250. The number of hydrogen-bond donors (Lipinski definition) is 10. The van der Waals surface area contributed by atoms with Crippen molar-refractivity contribution in [2.45, 2.75) is 0 Å². The fourth-order valence-electron chi connectivity index (χ4n) is 0.963. The van der Waals surface area contributed by atoms with Crippen molar-refractivity contribution in [3.05, 3.63) is 0 Å². The molecule has 0 aromatic carbocycles. The molecule has 0 atom stereocenters. The van der Waals surface area contributed by atoms with Crippen LogP contribution in [-0.2, 0) is 4.57 Å². The van der Waals surface area contributed by atoms with E-state index in [1.54, 1.807) is 0 Å². The van der Waals surface area contributed by atoms with Crippen LogP contribution in [-0.4, -0.2) is 64.6 Å². The molecule has 2 aromatic rings. The summed E-state index contributed by atoms with van der Waals surface area (Å²) in [5, 5.41) is 30.9. The Bertz CT molecular complexity index is 505. The van der Waals surface area contributed by atoms with E-state index in [1.165, 1.54) is 0 Å². The first-order valence-electron chi connectivity index (χ1n) is 5.92. The van der Waals surface area contributed by atoms with Gasteiger partial charge in [0.2, 0.25) is 35.7 Å². The third kappa shape index (κ3) is 11.9. The zero-order chi connectivity index (χ0) is 19.6. The average molecular weight is 358 g/mol. The fraction of sp³-hybridized carbons (Fsp3) is 0. The first-order valence-corrected chi connectivity index (χ1v) is 5.92. The number of rotatable bonds is 2. The number of nitrogen functional groups attached to an aromatic ring is 6. The maximum absolute atomic E-state index is 7.74. The highest BCUT2D eigenvalue weighted by Crippen LogP contribution is 1.98. The molecule has 2 heterocycles. The van der Waals surface area contributed by atoms with Crippen molar-refractivity contribution in [1.82, 2.24) is 29.9 Å². The molecule has 136 valence electrons. The second-order valence-electron chi connectivity index (χ2n) is 3.61. The highest BCUT2D eigenvalue weighted by molar-refractivity contribution is 6.48. The van der Waals surface area contributed by atoms with Gasteiger partial charge in [0, 0.05) is 0 Å². The average Bonchev–Trinajstić information content (AvgIpc) is 2.34. The first kappa shape index (κ1) is 21.7. The lowest BCUT2D eigenvalue weighted by atomic mass is 10.1. The summed E-state index contributed by atoms with van der Waals surface area (Å²) < 4.78 is 3.47. The summed E-state index contributed by atoms with van der Waals surface area (Å²) in [6.45, 7) is 0. The molecule has 0 spiro atoms. The molecule has 0 amide bonds. The van der Waals surface area contributed by atoms with Crippen LogP contribution >= 0.6 is 0 Å². The Kier molecular flexibility index (Phi) is 9.14. The van der Waals surface area contributed by atoms with E-state index < -0.39 is 14.6 Å². The minimum absolute atomic E-state index is 0.0417. The second-order valence-corrected chi connectivity index (χ2v) is 3.61. The van der Waals surface area contributed by atoms with Gasteiger partial charge in [-0.15, -0.1) is 0 Å². The molecule has 0 bridgehead atoms. The molecule has 0 aliphatic carbocycles. The van der Waals surface area contributed by atoms with Gasteiger partial charge in [0.25, 0.3) is 0 Å². The quantitative estimate of drug-likeness (QED) is 0.223. The Morgan fingerprint density at radius 3 is 0.720 bits per heavy atom. The monoisotopic (exact) mass is 358 g/mol. The third-order valence-electron chi connectivity index (χ3n) is 1.62. The maximum atomic E-state index is 7.74. The number of aromatic nitrogens is 6. The molecule has 0 fully saturated rings. The Morgan fingerprint density at radius 1 is 0.480 bits per heavy atom. The van der Waals surface area contributed by atoms with E-state index >= 15 is 0 Å². The zero-order valence-corrected chi connectivity index (χ0v) is 12.5. The SMILES string of the molecule is Nc1nc(N)nc(N)n1.Nc1nc(N)nc(N)n1.OB(O)OB(O)O. The van der Waals surface area contributed by atoms with Gasteiger partial charge < -0.3 is 59.1 Å². The highest BCUT2D eigenvalue weighted by atomic mass is 16.7. The third-order valence-corrected chi connectivity index (χ3v) is 1.62. The molecule has 0 saturated carbocycles. The summed E-state index contributed by atoms with van der Waals surface area (Å²) >= 11 is 0. The molecule has 0 aliphatic rings. The van der Waals surface area contributed by atoms with E-state index in [4.69, 9.17) is 54.5 Å². The molecule has 16 N–H and O–H groups in total. The van der Waals surface area contributed by atoms with Crippen LogP contribution in [0.1, 0.15) is 0 Å². The van der Waals surface area contributed by atoms with Crippen LogP contribution in [0.3, 0.4) is 0 Å². The van der Waals surface area contributed by atoms with E-state index in [2.05, 4.69) is 34.5 Å². The van der Waals surface area contributed by atoms with Crippen LogP contribution in [0.5, 0.6) is 0 Å². The van der Waals surface area contributed by atoms with Crippen molar-refractivity contribution in [2.24, 2.45) is 0 Å². The smallest absolute Gasteiger partial charge is 0.402 e. The lowest BCUT2D eigenvalue weighted by Gasteiger charge is -1.95. The van der Waals surface area contributed by atoms with Gasteiger partial charge in [-0.2, -0.15) is 29.9 Å². The summed E-state index contributed by atoms with van der Waals surface area (Å²) in [6, 6.07) is 0. The number of nitrogens with zero attached hydrogens (tertiary/aromatic N) is 6. The fourth-order valence-corrected chi connectivity index (χ4v) is 0.963. The number of hydrogen-bond acceptors (Lipinski definition) is 17. The predicted molar refractivity (Wildman–Crippen MR) is 87.6 cm³/mol. The van der Waals surface area contributed by atoms with Gasteiger partial charge in [-0.25, -0.2) is 0 Å². The summed E-state index contributed by atoms with van der Waals surface area (Å²) in [4.78, 5) is 20.9. The van der Waals surface area contributed by atoms with E-state index in [9.17, 15) is 0 Å². The van der Waals surface area contributed by atoms with Gasteiger partial charge >= 0.3 is 14.6 Å². The Hall–Kier alpha value is -3.25. The minimum Gasteiger partial charge on any atom is -0.402 e. The molecule has 2 rings (SSSR count). The standard InChI is InChI=1S/2C3H6N6.B2H4O5/c2*4-1-7-2(5)9-3(6)8-1;3-1(4)7-2(5)6/h2*(H6,4,5,6,7,8,9);3-6H. The lowest BCUT2D eigenvalue weighted by molar-refractivity contribution is 0.213. The van der Waals surface area contributed by atoms with Gasteiger partial charge in [-0.05, 0) is 0 Å². The topological polar surface area (TPSA) is 324 Å². The van der Waals surface area contributed by atoms with E-state index in [1.807, 2.05) is 0 Å². The van der Waals surface area contributed by atoms with Gasteiger partial charge in [0.05, 0.1) is 0 Å². The molecular weight excluding hydrogens is 342 g/mol. The number of anilines is 6. The van der Waals surface area contributed by atoms with Crippen LogP contribution in [0.15, 0.2) is 0 Å². The summed E-state index contributed by atoms with van der Waals surface area (Å²) in [6.07, 6.45) is 0. The predicted octanol–water partition coefficient (Wildman–Crippen LogP) is -5.82. The number of nitrogens with two attached hydrogens (primary N) is 6. The van der Waals surface area contributed by atoms with E-state index in [0.717, 1.165) is 0 Å². The van der Waals surface area contributed by atoms with Crippen molar-refractivity contribution in [3.63, 3.8) is 0 Å². The van der Waals surface area contributed by atoms with Gasteiger partial charge in [-0.1, -0.05) is 0 Å². The van der Waals surface area contributed by atoms with Crippen molar-refractivity contribution in [3.8, 4) is 0 Å². The van der Waals surface area contributed by atoms with Crippen LogP contribution in [0.25, 0.3) is 0 Å². The second kappa shape index (κ2) is 10.5. The molecule has 0 radical (unpaired) electrons. The van der Waals surface area contributed by atoms with Crippen LogP contribution in [0.4, 0.5) is 35.7 Å². The molecule has 2 aromatic heterocycles. The molecule has 19 heteroatoms. The van der Waals surface area contributed by atoms with Gasteiger partial charge in [0.15, 0.2) is 0 Å². The van der Waals surface area contributed by atoms with E-state index in [-0.39, 0.29) is 35.7 Å². The van der Waals surface area contributed by atoms with Crippen molar-refractivity contribution >= 4 is 50.3 Å². The van der Waals surface area contributed by atoms with Crippen LogP contribution < -0.4 is 34.4 Å². The van der Waals surface area contributed by atoms with Crippen molar-refractivity contribution in [1.29, 1.82) is 0 Å². The van der Waals surface area contributed by atoms with Crippen molar-refractivity contribution < 1.29 is 24.7 Å². The van der Waals surface area contributed by atoms with Crippen LogP contribution in [0, 0.1) is 0 Å². The lowest BCUT2D eigenvalue weighted by Crippen LogP contribution is -2.28. The van der Waals surface area contributed by atoms with E-state index in [0.29, 0.717) is 0 Å². The highest BCUT2D eigenvalue weighted by Gasteiger charge is 2.18. The Balaban J connectivity index is 0.000000350. The molecular formula is C6H16B2N12O5. The Morgan fingerprint density at radius 2 is 0.640 bits per heavy atom. The summed E-state index contributed by atoms with van der Waals surface area (Å²) in [7, 11) is -4.25. The molecule has 17 nitrogen and oxygen atoms in total. The largest absolute Gasteiger partial charge is 0.621 e. The van der Waals surface area contributed by atoms with Crippen molar-refractivity contribution in [2.75, 3.05) is 34.4 Å².